The number of hydrogen-bond acceptors (Lipinski definition) is 4. The molecule has 130 valence electrons. The topological polar surface area (TPSA) is 67.9 Å². The zero-order chi connectivity index (χ0) is 18.5. The van der Waals surface area contributed by atoms with Crippen LogP contribution in [0.3, 0.4) is 0 Å². The Hall–Kier alpha value is -3.72. The van der Waals surface area contributed by atoms with Crippen LogP contribution in [0.1, 0.15) is 5.56 Å². The molecule has 2 amide bonds. The number of hydrogen-bond donors (Lipinski definition) is 1. The molecule has 1 heterocycles. The van der Waals surface area contributed by atoms with Crippen molar-refractivity contribution in [2.75, 3.05) is 18.7 Å². The minimum Gasteiger partial charge on any atom is -0.493 e. The van der Waals surface area contributed by atoms with Crippen LogP contribution in [-0.2, 0) is 9.59 Å². The number of terminal acetylenes is 1. The third-order valence-electron chi connectivity index (χ3n) is 3.73. The number of ether oxygens (including phenoxy) is 2. The number of para-hydroxylation sites is 2. The van der Waals surface area contributed by atoms with Crippen molar-refractivity contribution >= 4 is 23.6 Å². The minimum atomic E-state index is -0.496. The number of benzene rings is 2. The number of anilines is 1. The highest BCUT2D eigenvalue weighted by molar-refractivity contribution is 6.31. The van der Waals surface area contributed by atoms with Crippen LogP contribution in [-0.4, -0.2) is 25.5 Å². The zero-order valence-corrected chi connectivity index (χ0v) is 14.1. The van der Waals surface area contributed by atoms with Gasteiger partial charge in [0.05, 0.1) is 12.8 Å². The van der Waals surface area contributed by atoms with Crippen molar-refractivity contribution in [2.45, 2.75) is 0 Å². The summed E-state index contributed by atoms with van der Waals surface area (Å²) in [6.45, 7) is 0.0346. The van der Waals surface area contributed by atoms with Gasteiger partial charge >= 0.3 is 0 Å². The molecule has 1 N–H and O–H groups in total. The fourth-order valence-electron chi connectivity index (χ4n) is 2.55. The van der Waals surface area contributed by atoms with E-state index in [0.717, 1.165) is 0 Å². The number of methoxy groups -OCH3 is 1. The Kier molecular flexibility index (Phi) is 4.90. The fourth-order valence-corrected chi connectivity index (χ4v) is 2.55. The normalized spacial score (nSPS) is 14.9. The summed E-state index contributed by atoms with van der Waals surface area (Å²) in [5, 5.41) is 1.20. The van der Waals surface area contributed by atoms with Crippen LogP contribution < -0.4 is 19.9 Å². The summed E-state index contributed by atoms with van der Waals surface area (Å²) in [5.74, 6) is 2.27. The monoisotopic (exact) mass is 348 g/mol. The van der Waals surface area contributed by atoms with Gasteiger partial charge in [-0.2, -0.15) is 0 Å². The Bertz CT molecular complexity index is 913. The molecule has 1 saturated heterocycles. The van der Waals surface area contributed by atoms with E-state index in [4.69, 9.17) is 15.9 Å². The molecular formula is C20H16N2O4. The molecule has 0 saturated carbocycles. The zero-order valence-electron chi connectivity index (χ0n) is 14.1. The molecule has 0 aliphatic carbocycles. The number of amides is 2. The fraction of sp³-hybridized carbons (Fsp3) is 0.100. The molecule has 1 fully saturated rings. The van der Waals surface area contributed by atoms with Crippen molar-refractivity contribution in [3.8, 4) is 23.8 Å². The van der Waals surface area contributed by atoms with Crippen molar-refractivity contribution in [3.63, 3.8) is 0 Å². The van der Waals surface area contributed by atoms with Crippen molar-refractivity contribution in [3.05, 3.63) is 59.7 Å². The van der Waals surface area contributed by atoms with Gasteiger partial charge in [-0.15, -0.1) is 6.42 Å². The Morgan fingerprint density at radius 3 is 2.62 bits per heavy atom. The lowest BCUT2D eigenvalue weighted by Crippen LogP contribution is -2.35. The summed E-state index contributed by atoms with van der Waals surface area (Å²) >= 11 is 0. The molecular weight excluding hydrogens is 332 g/mol. The summed E-state index contributed by atoms with van der Waals surface area (Å²) in [6.07, 6.45) is 6.72. The molecule has 6 nitrogen and oxygen atoms in total. The SMILES string of the molecule is C#CCOc1c(/C=C2\C(=O)NN(c3ccccc3)C2=O)cccc1OC. The molecule has 0 radical (unpaired) electrons. The summed E-state index contributed by atoms with van der Waals surface area (Å²) in [6, 6.07) is 14.0. The predicted molar refractivity (Wildman–Crippen MR) is 97.4 cm³/mol. The van der Waals surface area contributed by atoms with Crippen LogP contribution in [0.5, 0.6) is 11.5 Å². The van der Waals surface area contributed by atoms with Gasteiger partial charge < -0.3 is 9.47 Å². The van der Waals surface area contributed by atoms with Crippen LogP contribution in [0.4, 0.5) is 5.69 Å². The molecule has 3 rings (SSSR count). The Balaban J connectivity index is 1.99. The highest BCUT2D eigenvalue weighted by Crippen LogP contribution is 2.33. The van der Waals surface area contributed by atoms with E-state index in [-0.39, 0.29) is 12.2 Å². The largest absolute Gasteiger partial charge is 0.493 e. The Morgan fingerprint density at radius 1 is 1.15 bits per heavy atom. The maximum Gasteiger partial charge on any atom is 0.282 e. The molecule has 1 aliphatic heterocycles. The van der Waals surface area contributed by atoms with Crippen LogP contribution in [0.15, 0.2) is 54.1 Å². The van der Waals surface area contributed by atoms with E-state index in [9.17, 15) is 9.59 Å². The summed E-state index contributed by atoms with van der Waals surface area (Å²) in [5.41, 5.74) is 3.64. The summed E-state index contributed by atoms with van der Waals surface area (Å²) in [7, 11) is 1.50. The van der Waals surface area contributed by atoms with Crippen LogP contribution in [0.25, 0.3) is 6.08 Å². The predicted octanol–water partition coefficient (Wildman–Crippen LogP) is 2.17. The van der Waals surface area contributed by atoms with Gasteiger partial charge in [0.1, 0.15) is 12.2 Å². The Morgan fingerprint density at radius 2 is 1.92 bits per heavy atom. The van der Waals surface area contributed by atoms with Crippen molar-refractivity contribution in [1.82, 2.24) is 5.43 Å². The number of carbonyl (C=O) groups is 2. The van der Waals surface area contributed by atoms with E-state index in [2.05, 4.69) is 11.3 Å². The van der Waals surface area contributed by atoms with Crippen molar-refractivity contribution < 1.29 is 19.1 Å². The smallest absolute Gasteiger partial charge is 0.282 e. The van der Waals surface area contributed by atoms with Gasteiger partial charge in [0, 0.05) is 5.56 Å². The second-order valence-electron chi connectivity index (χ2n) is 5.35. The second kappa shape index (κ2) is 7.45. The van der Waals surface area contributed by atoms with Gasteiger partial charge in [0.25, 0.3) is 11.8 Å². The number of nitrogens with zero attached hydrogens (tertiary/aromatic N) is 1. The van der Waals surface area contributed by atoms with Gasteiger partial charge in [-0.05, 0) is 24.3 Å². The third-order valence-corrected chi connectivity index (χ3v) is 3.73. The molecule has 6 heteroatoms. The van der Waals surface area contributed by atoms with Crippen molar-refractivity contribution in [1.29, 1.82) is 0 Å². The average molecular weight is 348 g/mol. The highest BCUT2D eigenvalue weighted by Gasteiger charge is 2.34. The van der Waals surface area contributed by atoms with E-state index >= 15 is 0 Å². The first kappa shape index (κ1) is 17.1. The number of nitrogens with one attached hydrogen (secondary N) is 1. The van der Waals surface area contributed by atoms with Crippen LogP contribution in [0.2, 0.25) is 0 Å². The lowest BCUT2D eigenvalue weighted by molar-refractivity contribution is -0.117. The quantitative estimate of drug-likeness (QED) is 0.511. The molecule has 2 aromatic rings. The van der Waals surface area contributed by atoms with E-state index in [0.29, 0.717) is 22.7 Å². The van der Waals surface area contributed by atoms with Crippen LogP contribution >= 0.6 is 0 Å². The number of hydrazine groups is 1. The molecule has 0 atom stereocenters. The maximum absolute atomic E-state index is 12.7. The summed E-state index contributed by atoms with van der Waals surface area (Å²) < 4.78 is 10.8. The maximum atomic E-state index is 12.7. The molecule has 0 aromatic heterocycles. The second-order valence-corrected chi connectivity index (χ2v) is 5.35. The third kappa shape index (κ3) is 3.23. The van der Waals surface area contributed by atoms with Gasteiger partial charge in [0.2, 0.25) is 0 Å². The average Bonchev–Trinajstić information content (AvgIpc) is 2.95. The van der Waals surface area contributed by atoms with E-state index in [1.807, 2.05) is 6.07 Å². The Labute approximate surface area is 151 Å². The number of rotatable bonds is 5. The molecule has 2 aromatic carbocycles. The van der Waals surface area contributed by atoms with Crippen molar-refractivity contribution in [2.24, 2.45) is 0 Å². The van der Waals surface area contributed by atoms with Crippen LogP contribution in [0, 0.1) is 12.3 Å². The van der Waals surface area contributed by atoms with E-state index in [1.165, 1.54) is 18.2 Å². The molecule has 26 heavy (non-hydrogen) atoms. The minimum absolute atomic E-state index is 0.00679. The summed E-state index contributed by atoms with van der Waals surface area (Å²) in [4.78, 5) is 25.0. The number of carbonyl (C=O) groups excluding carboxylic acids is 2. The first-order valence-electron chi connectivity index (χ1n) is 7.81. The first-order chi connectivity index (χ1) is 12.7. The first-order valence-corrected chi connectivity index (χ1v) is 7.81. The van der Waals surface area contributed by atoms with E-state index in [1.54, 1.807) is 42.5 Å². The van der Waals surface area contributed by atoms with Gasteiger partial charge in [0.15, 0.2) is 11.5 Å². The molecule has 0 bridgehead atoms. The highest BCUT2D eigenvalue weighted by atomic mass is 16.5. The lowest BCUT2D eigenvalue weighted by atomic mass is 10.1. The molecule has 0 unspecified atom stereocenters. The lowest BCUT2D eigenvalue weighted by Gasteiger charge is -2.14. The van der Waals surface area contributed by atoms with E-state index < -0.39 is 11.8 Å². The standard InChI is InChI=1S/C20H16N2O4/c1-3-12-26-18-14(8-7-11-17(18)25-2)13-16-19(23)21-22(20(16)24)15-9-5-4-6-10-15/h1,4-11,13H,12H2,2H3,(H,21,23)/b16-13+. The van der Waals surface area contributed by atoms with Gasteiger partial charge in [-0.1, -0.05) is 36.3 Å². The molecule has 1 aliphatic rings. The van der Waals surface area contributed by atoms with Gasteiger partial charge in [-0.25, -0.2) is 5.01 Å². The molecule has 0 spiro atoms. The van der Waals surface area contributed by atoms with Gasteiger partial charge in [-0.3, -0.25) is 15.0 Å².